The Morgan fingerprint density at radius 3 is 1.90 bits per heavy atom. The first-order valence-electron chi connectivity index (χ1n) is 6.99. The van der Waals surface area contributed by atoms with E-state index in [9.17, 15) is 0 Å². The van der Waals surface area contributed by atoms with E-state index in [0.717, 1.165) is 22.6 Å². The summed E-state index contributed by atoms with van der Waals surface area (Å²) in [4.78, 5) is 2.22. The first-order chi connectivity index (χ1) is 10.4. The Labute approximate surface area is 125 Å². The molecule has 0 unspecified atom stereocenters. The second-order valence-corrected chi connectivity index (χ2v) is 4.80. The molecule has 0 saturated heterocycles. The van der Waals surface area contributed by atoms with Crippen LogP contribution >= 0.6 is 0 Å². The largest absolute Gasteiger partial charge is 0.326 e. The van der Waals surface area contributed by atoms with E-state index < -0.39 is 0 Å². The summed E-state index contributed by atoms with van der Waals surface area (Å²) in [6.45, 7) is 0.561. The van der Waals surface area contributed by atoms with E-state index in [4.69, 9.17) is 5.73 Å². The normalized spacial score (nSPS) is 10.3. The molecule has 3 rings (SSSR count). The summed E-state index contributed by atoms with van der Waals surface area (Å²) in [5, 5.41) is 0. The van der Waals surface area contributed by atoms with Crippen molar-refractivity contribution in [2.24, 2.45) is 5.73 Å². The van der Waals surface area contributed by atoms with Crippen LogP contribution in [0.1, 0.15) is 5.56 Å². The summed E-state index contributed by atoms with van der Waals surface area (Å²) in [6, 6.07) is 29.7. The maximum absolute atomic E-state index is 5.68. The van der Waals surface area contributed by atoms with Crippen molar-refractivity contribution in [1.82, 2.24) is 0 Å². The van der Waals surface area contributed by atoms with Gasteiger partial charge in [-0.25, -0.2) is 0 Å². The number of anilines is 3. The van der Waals surface area contributed by atoms with Crippen molar-refractivity contribution in [3.63, 3.8) is 0 Å². The predicted molar refractivity (Wildman–Crippen MR) is 87.9 cm³/mol. The lowest BCUT2D eigenvalue weighted by Gasteiger charge is -2.25. The van der Waals surface area contributed by atoms with Crippen LogP contribution in [0.2, 0.25) is 0 Å². The molecule has 21 heavy (non-hydrogen) atoms. The number of hydrogen-bond donors (Lipinski definition) is 1. The highest BCUT2D eigenvalue weighted by molar-refractivity contribution is 5.76. The first-order valence-corrected chi connectivity index (χ1v) is 6.99. The molecule has 0 aromatic heterocycles. The summed E-state index contributed by atoms with van der Waals surface area (Å²) >= 11 is 0. The second-order valence-electron chi connectivity index (χ2n) is 4.80. The highest BCUT2D eigenvalue weighted by atomic mass is 15.1. The minimum Gasteiger partial charge on any atom is -0.326 e. The molecule has 0 amide bonds. The number of hydrogen-bond acceptors (Lipinski definition) is 2. The Morgan fingerprint density at radius 2 is 1.29 bits per heavy atom. The fourth-order valence-electron chi connectivity index (χ4n) is 2.33. The van der Waals surface area contributed by atoms with Crippen molar-refractivity contribution in [2.75, 3.05) is 4.90 Å². The lowest BCUT2D eigenvalue weighted by molar-refractivity contribution is 1.07. The molecule has 2 nitrogen and oxygen atoms in total. The van der Waals surface area contributed by atoms with Gasteiger partial charge in [0.05, 0.1) is 0 Å². The number of benzene rings is 3. The van der Waals surface area contributed by atoms with E-state index in [2.05, 4.69) is 59.5 Å². The van der Waals surface area contributed by atoms with Crippen LogP contribution in [0, 0.1) is 6.07 Å². The lowest BCUT2D eigenvalue weighted by Crippen LogP contribution is -2.09. The molecule has 3 aromatic rings. The molecule has 2 heteroatoms. The molecule has 0 aliphatic carbocycles. The van der Waals surface area contributed by atoms with Gasteiger partial charge in [-0.1, -0.05) is 42.5 Å². The molecule has 0 heterocycles. The number of nitrogens with zero attached hydrogens (tertiary/aromatic N) is 1. The topological polar surface area (TPSA) is 29.3 Å². The monoisotopic (exact) mass is 273 g/mol. The van der Waals surface area contributed by atoms with Crippen LogP contribution in [0.15, 0.2) is 78.9 Å². The third-order valence-corrected chi connectivity index (χ3v) is 3.40. The molecule has 0 spiro atoms. The summed E-state index contributed by atoms with van der Waals surface area (Å²) < 4.78 is 0. The zero-order chi connectivity index (χ0) is 14.5. The first kappa shape index (κ1) is 13.4. The molecule has 0 aliphatic heterocycles. The van der Waals surface area contributed by atoms with E-state index in [-0.39, 0.29) is 0 Å². The number of rotatable bonds is 4. The molecule has 103 valence electrons. The van der Waals surface area contributed by atoms with Crippen LogP contribution in [0.25, 0.3) is 0 Å². The van der Waals surface area contributed by atoms with E-state index in [0.29, 0.717) is 6.54 Å². The van der Waals surface area contributed by atoms with Crippen molar-refractivity contribution in [2.45, 2.75) is 6.54 Å². The summed E-state index contributed by atoms with van der Waals surface area (Å²) in [5.41, 5.74) is 10.2. The van der Waals surface area contributed by atoms with Gasteiger partial charge in [0.1, 0.15) is 0 Å². The number of nitrogens with two attached hydrogens (primary N) is 1. The molecular formula is C19H17N2. The Morgan fingerprint density at radius 1 is 0.714 bits per heavy atom. The molecule has 3 aromatic carbocycles. The fourth-order valence-corrected chi connectivity index (χ4v) is 2.33. The van der Waals surface area contributed by atoms with E-state index in [1.807, 2.05) is 30.3 Å². The third kappa shape index (κ3) is 2.96. The predicted octanol–water partition coefficient (Wildman–Crippen LogP) is 4.42. The van der Waals surface area contributed by atoms with Crippen molar-refractivity contribution in [3.8, 4) is 0 Å². The van der Waals surface area contributed by atoms with Gasteiger partial charge < -0.3 is 10.6 Å². The molecule has 0 aliphatic rings. The average Bonchev–Trinajstić information content (AvgIpc) is 2.58. The Bertz CT molecular complexity index is 636. The van der Waals surface area contributed by atoms with Crippen molar-refractivity contribution >= 4 is 17.1 Å². The van der Waals surface area contributed by atoms with Gasteiger partial charge >= 0.3 is 0 Å². The standard InChI is InChI=1S/C19H17N2/c20-15-16-11-13-19(14-12-16)21(17-7-3-1-4-8-17)18-9-5-2-6-10-18/h1,3-14H,15,20H2. The van der Waals surface area contributed by atoms with Crippen LogP contribution in [-0.4, -0.2) is 0 Å². The summed E-state index contributed by atoms with van der Waals surface area (Å²) in [5.74, 6) is 0. The minimum atomic E-state index is 0.561. The van der Waals surface area contributed by atoms with Gasteiger partial charge in [0.15, 0.2) is 0 Å². The smallest absolute Gasteiger partial charge is 0.0462 e. The van der Waals surface area contributed by atoms with Crippen molar-refractivity contribution in [1.29, 1.82) is 0 Å². The maximum Gasteiger partial charge on any atom is 0.0462 e. The lowest BCUT2D eigenvalue weighted by atomic mass is 10.1. The molecular weight excluding hydrogens is 256 g/mol. The van der Waals surface area contributed by atoms with Gasteiger partial charge in [0.25, 0.3) is 0 Å². The maximum atomic E-state index is 5.68. The highest BCUT2D eigenvalue weighted by Crippen LogP contribution is 2.33. The van der Waals surface area contributed by atoms with Crippen molar-refractivity contribution < 1.29 is 0 Å². The van der Waals surface area contributed by atoms with Crippen LogP contribution in [0.4, 0.5) is 17.1 Å². The van der Waals surface area contributed by atoms with Gasteiger partial charge in [-0.2, -0.15) is 0 Å². The third-order valence-electron chi connectivity index (χ3n) is 3.40. The van der Waals surface area contributed by atoms with Crippen molar-refractivity contribution in [3.05, 3.63) is 90.5 Å². The molecule has 0 atom stereocenters. The van der Waals surface area contributed by atoms with Gasteiger partial charge in [0.2, 0.25) is 0 Å². The van der Waals surface area contributed by atoms with Crippen LogP contribution in [-0.2, 0) is 6.54 Å². The molecule has 0 fully saturated rings. The van der Waals surface area contributed by atoms with Gasteiger partial charge in [-0.05, 0) is 48.0 Å². The fraction of sp³-hybridized carbons (Fsp3) is 0.0526. The quantitative estimate of drug-likeness (QED) is 0.762. The van der Waals surface area contributed by atoms with Gasteiger partial charge in [0, 0.05) is 23.6 Å². The summed E-state index contributed by atoms with van der Waals surface area (Å²) in [6.07, 6.45) is 0. The molecule has 0 bridgehead atoms. The highest BCUT2D eigenvalue weighted by Gasteiger charge is 2.11. The van der Waals surface area contributed by atoms with E-state index >= 15 is 0 Å². The van der Waals surface area contributed by atoms with Crippen LogP contribution < -0.4 is 10.6 Å². The second kappa shape index (κ2) is 6.25. The minimum absolute atomic E-state index is 0.561. The molecule has 1 radical (unpaired) electrons. The van der Waals surface area contributed by atoms with Crippen LogP contribution in [0.3, 0.4) is 0 Å². The Kier molecular flexibility index (Phi) is 3.99. The SMILES string of the molecule is NCc1ccc(N(c2cc[c]cc2)c2ccccc2)cc1. The average molecular weight is 273 g/mol. The number of para-hydroxylation sites is 1. The molecule has 0 saturated carbocycles. The zero-order valence-electron chi connectivity index (χ0n) is 11.7. The van der Waals surface area contributed by atoms with E-state index in [1.54, 1.807) is 0 Å². The Hall–Kier alpha value is -2.58. The Balaban J connectivity index is 2.07. The van der Waals surface area contributed by atoms with Gasteiger partial charge in [-0.3, -0.25) is 0 Å². The molecule has 2 N–H and O–H groups in total. The van der Waals surface area contributed by atoms with Crippen LogP contribution in [0.5, 0.6) is 0 Å². The van der Waals surface area contributed by atoms with E-state index in [1.165, 1.54) is 0 Å². The zero-order valence-corrected chi connectivity index (χ0v) is 11.7. The van der Waals surface area contributed by atoms with Gasteiger partial charge in [-0.15, -0.1) is 0 Å². The summed E-state index contributed by atoms with van der Waals surface area (Å²) in [7, 11) is 0.